The van der Waals surface area contributed by atoms with Crippen LogP contribution in [0.25, 0.3) is 0 Å². The van der Waals surface area contributed by atoms with Gasteiger partial charge in [-0.15, -0.1) is 4.40 Å². The van der Waals surface area contributed by atoms with E-state index >= 15 is 0 Å². The second kappa shape index (κ2) is 7.30. The van der Waals surface area contributed by atoms with Crippen molar-refractivity contribution in [1.82, 2.24) is 10.2 Å². The standard InChI is InChI=1S/C18H19Cl2N3O3S/c1-18(2,16-13(19)4-3-5-14(16)20)11-21-17(24)12-6-7-15-22-27(25,26)9-8-23(15)10-12/h3-7,10H,8-9,11H2,1-2H3,(H,21,24). The molecule has 2 heterocycles. The molecule has 3 rings (SSSR count). The van der Waals surface area contributed by atoms with E-state index in [9.17, 15) is 13.2 Å². The molecule has 0 saturated carbocycles. The number of carbonyl (C=O) groups is 1. The summed E-state index contributed by atoms with van der Waals surface area (Å²) in [5, 5.41) is 4.00. The van der Waals surface area contributed by atoms with Crippen molar-refractivity contribution in [2.45, 2.75) is 19.3 Å². The maximum Gasteiger partial charge on any atom is 0.256 e. The first-order valence-electron chi connectivity index (χ1n) is 8.31. The number of sulfonamides is 1. The number of amides is 1. The molecular formula is C18H19Cl2N3O3S. The molecule has 0 fully saturated rings. The van der Waals surface area contributed by atoms with E-state index in [4.69, 9.17) is 23.2 Å². The Morgan fingerprint density at radius 1 is 1.26 bits per heavy atom. The van der Waals surface area contributed by atoms with Crippen molar-refractivity contribution in [3.05, 3.63) is 57.7 Å². The van der Waals surface area contributed by atoms with Gasteiger partial charge in [-0.3, -0.25) is 4.79 Å². The van der Waals surface area contributed by atoms with E-state index in [1.807, 2.05) is 13.8 Å². The number of hydrogen-bond donors (Lipinski definition) is 1. The molecule has 0 aliphatic carbocycles. The summed E-state index contributed by atoms with van der Waals surface area (Å²) in [6.45, 7) is 4.50. The summed E-state index contributed by atoms with van der Waals surface area (Å²) < 4.78 is 26.8. The fraction of sp³-hybridized carbons (Fsp3) is 0.333. The van der Waals surface area contributed by atoms with Crippen LogP contribution in [0.1, 0.15) is 19.4 Å². The summed E-state index contributed by atoms with van der Waals surface area (Å²) in [5.74, 6) is -0.0238. The van der Waals surface area contributed by atoms with Crippen molar-refractivity contribution in [2.24, 2.45) is 4.40 Å². The van der Waals surface area contributed by atoms with E-state index < -0.39 is 15.4 Å². The molecule has 1 N–H and O–H groups in total. The summed E-state index contributed by atoms with van der Waals surface area (Å²) >= 11 is 12.6. The highest BCUT2D eigenvalue weighted by Gasteiger charge is 2.28. The predicted molar refractivity (Wildman–Crippen MR) is 108 cm³/mol. The van der Waals surface area contributed by atoms with Crippen LogP contribution in [0.4, 0.5) is 0 Å². The number of hydrogen-bond acceptors (Lipinski definition) is 4. The Balaban J connectivity index is 1.72. The van der Waals surface area contributed by atoms with Crippen molar-refractivity contribution in [1.29, 1.82) is 0 Å². The van der Waals surface area contributed by atoms with Gasteiger partial charge < -0.3 is 10.2 Å². The van der Waals surface area contributed by atoms with Gasteiger partial charge in [0, 0.05) is 34.7 Å². The highest BCUT2D eigenvalue weighted by Crippen LogP contribution is 2.35. The third-order valence-corrected chi connectivity index (χ3v) is 6.21. The molecule has 6 nitrogen and oxygen atoms in total. The van der Waals surface area contributed by atoms with E-state index in [2.05, 4.69) is 9.71 Å². The van der Waals surface area contributed by atoms with Gasteiger partial charge in [0.15, 0.2) is 0 Å². The predicted octanol–water partition coefficient (Wildman–Crippen LogP) is 2.88. The zero-order chi connectivity index (χ0) is 19.8. The van der Waals surface area contributed by atoms with Gasteiger partial charge in [-0.2, -0.15) is 0 Å². The van der Waals surface area contributed by atoms with Crippen molar-refractivity contribution in [2.75, 3.05) is 18.8 Å². The van der Waals surface area contributed by atoms with E-state index in [0.29, 0.717) is 28.0 Å². The fourth-order valence-corrected chi connectivity index (χ4v) is 4.85. The molecule has 0 radical (unpaired) electrons. The molecule has 0 spiro atoms. The third kappa shape index (κ3) is 4.36. The van der Waals surface area contributed by atoms with Gasteiger partial charge in [-0.1, -0.05) is 43.1 Å². The molecular weight excluding hydrogens is 409 g/mol. The zero-order valence-corrected chi connectivity index (χ0v) is 17.2. The normalized spacial score (nSPS) is 18.4. The monoisotopic (exact) mass is 427 g/mol. The van der Waals surface area contributed by atoms with Crippen molar-refractivity contribution in [3.63, 3.8) is 0 Å². The molecule has 144 valence electrons. The lowest BCUT2D eigenvalue weighted by Gasteiger charge is -2.29. The lowest BCUT2D eigenvalue weighted by Crippen LogP contribution is -2.40. The van der Waals surface area contributed by atoms with E-state index in [1.165, 1.54) is 6.08 Å². The Kier molecular flexibility index (Phi) is 5.38. The van der Waals surface area contributed by atoms with Crippen molar-refractivity contribution >= 4 is 45.0 Å². The molecule has 1 amide bonds. The van der Waals surface area contributed by atoms with Crippen molar-refractivity contribution in [3.8, 4) is 0 Å². The number of rotatable bonds is 4. The lowest BCUT2D eigenvalue weighted by atomic mass is 9.84. The van der Waals surface area contributed by atoms with E-state index in [-0.39, 0.29) is 18.2 Å². The molecule has 2 aliphatic rings. The Bertz CT molecular complexity index is 961. The molecule has 0 unspecified atom stereocenters. The smallest absolute Gasteiger partial charge is 0.256 e. The van der Waals surface area contributed by atoms with Crippen LogP contribution in [-0.4, -0.2) is 43.9 Å². The summed E-state index contributed by atoms with van der Waals surface area (Å²) in [6, 6.07) is 5.31. The van der Waals surface area contributed by atoms with Crippen LogP contribution in [0.15, 0.2) is 46.5 Å². The van der Waals surface area contributed by atoms with Crippen LogP contribution >= 0.6 is 23.2 Å². The highest BCUT2D eigenvalue weighted by molar-refractivity contribution is 7.90. The summed E-state index contributed by atoms with van der Waals surface area (Å²) in [6.07, 6.45) is 4.70. The van der Waals surface area contributed by atoms with E-state index in [0.717, 1.165) is 5.56 Å². The highest BCUT2D eigenvalue weighted by atomic mass is 35.5. The van der Waals surface area contributed by atoms with Crippen LogP contribution in [0.2, 0.25) is 10.0 Å². The van der Waals surface area contributed by atoms with Crippen LogP contribution in [0.3, 0.4) is 0 Å². The average Bonchev–Trinajstić information content (AvgIpc) is 2.58. The van der Waals surface area contributed by atoms with Gasteiger partial charge in [-0.05, 0) is 29.8 Å². The minimum absolute atomic E-state index is 0.0756. The molecule has 0 bridgehead atoms. The fourth-order valence-electron chi connectivity index (χ4n) is 2.97. The lowest BCUT2D eigenvalue weighted by molar-refractivity contribution is -0.117. The maximum atomic E-state index is 12.6. The molecule has 9 heteroatoms. The number of fused-ring (bicyclic) bond motifs is 1. The first-order chi connectivity index (χ1) is 12.6. The van der Waals surface area contributed by atoms with Gasteiger partial charge in [0.1, 0.15) is 5.84 Å². The van der Waals surface area contributed by atoms with Gasteiger partial charge in [0.2, 0.25) is 0 Å². The molecule has 1 aromatic rings. The van der Waals surface area contributed by atoms with Crippen molar-refractivity contribution < 1.29 is 13.2 Å². The van der Waals surface area contributed by atoms with Gasteiger partial charge in [0.05, 0.1) is 11.3 Å². The molecule has 0 saturated heterocycles. The van der Waals surface area contributed by atoms with Crippen LogP contribution in [0, 0.1) is 0 Å². The minimum Gasteiger partial charge on any atom is -0.351 e. The second-order valence-corrected chi connectivity index (χ2v) is 9.58. The zero-order valence-electron chi connectivity index (χ0n) is 14.9. The SMILES string of the molecule is CC(C)(CNC(=O)C1=CN2CCS(=O)(=O)N=C2C=C1)c1c(Cl)cccc1Cl. The molecule has 1 aromatic carbocycles. The Morgan fingerprint density at radius 3 is 2.59 bits per heavy atom. The molecule has 0 aromatic heterocycles. The number of nitrogens with one attached hydrogen (secondary N) is 1. The Hall–Kier alpha value is -1.83. The molecule has 2 aliphatic heterocycles. The minimum atomic E-state index is -3.42. The molecule has 0 atom stereocenters. The van der Waals surface area contributed by atoms with E-state index in [1.54, 1.807) is 35.4 Å². The first-order valence-corrected chi connectivity index (χ1v) is 10.7. The van der Waals surface area contributed by atoms with Gasteiger partial charge in [-0.25, -0.2) is 8.42 Å². The number of amidine groups is 1. The summed E-state index contributed by atoms with van der Waals surface area (Å²) in [7, 11) is -3.42. The topological polar surface area (TPSA) is 78.8 Å². The second-order valence-electron chi connectivity index (χ2n) is 7.01. The summed E-state index contributed by atoms with van der Waals surface area (Å²) in [5.41, 5.74) is 0.724. The Morgan fingerprint density at radius 2 is 1.93 bits per heavy atom. The van der Waals surface area contributed by atoms with Gasteiger partial charge >= 0.3 is 0 Å². The number of benzene rings is 1. The largest absolute Gasteiger partial charge is 0.351 e. The number of carbonyl (C=O) groups excluding carboxylic acids is 1. The quantitative estimate of drug-likeness (QED) is 0.800. The maximum absolute atomic E-state index is 12.6. The number of halogens is 2. The van der Waals surface area contributed by atoms with Crippen LogP contribution in [-0.2, 0) is 20.2 Å². The molecule has 27 heavy (non-hydrogen) atoms. The van der Waals surface area contributed by atoms with Crippen LogP contribution < -0.4 is 5.32 Å². The van der Waals surface area contributed by atoms with Crippen LogP contribution in [0.5, 0.6) is 0 Å². The average molecular weight is 428 g/mol. The Labute approximate surface area is 168 Å². The number of nitrogens with zero attached hydrogens (tertiary/aromatic N) is 2. The van der Waals surface area contributed by atoms with Gasteiger partial charge in [0.25, 0.3) is 15.9 Å². The third-order valence-electron chi connectivity index (χ3n) is 4.42. The first kappa shape index (κ1) is 19.9. The summed E-state index contributed by atoms with van der Waals surface area (Å²) in [4.78, 5) is 14.2.